The first-order valence-electron chi connectivity index (χ1n) is 7.65. The van der Waals surface area contributed by atoms with Crippen LogP contribution in [0, 0.1) is 0 Å². The third-order valence-corrected chi connectivity index (χ3v) is 4.02. The molecule has 6 nitrogen and oxygen atoms in total. The van der Waals surface area contributed by atoms with Gasteiger partial charge in [0, 0.05) is 12.7 Å². The molecule has 0 spiro atoms. The van der Waals surface area contributed by atoms with Crippen LogP contribution >= 0.6 is 0 Å². The highest BCUT2D eigenvalue weighted by Gasteiger charge is 2.50. The molecule has 0 amide bonds. The Kier molecular flexibility index (Phi) is 5.42. The highest BCUT2D eigenvalue weighted by molar-refractivity contribution is 5.16. The first-order valence-corrected chi connectivity index (χ1v) is 7.65. The molecule has 1 aromatic rings. The minimum Gasteiger partial charge on any atom is -0.385 e. The van der Waals surface area contributed by atoms with Gasteiger partial charge in [-0.3, -0.25) is 0 Å². The zero-order chi connectivity index (χ0) is 16.2. The van der Waals surface area contributed by atoms with Crippen molar-refractivity contribution in [3.63, 3.8) is 0 Å². The van der Waals surface area contributed by atoms with Crippen LogP contribution in [-0.4, -0.2) is 56.1 Å². The lowest BCUT2D eigenvalue weighted by molar-refractivity contribution is -0.362. The lowest BCUT2D eigenvalue weighted by Gasteiger charge is -2.47. The van der Waals surface area contributed by atoms with Crippen LogP contribution in [-0.2, 0) is 23.7 Å². The second kappa shape index (κ2) is 7.53. The molecule has 126 valence electrons. The summed E-state index contributed by atoms with van der Waals surface area (Å²) in [6.45, 7) is 4.29. The second-order valence-corrected chi connectivity index (χ2v) is 5.53. The standard InChI is InChI=1S/C17H22O6/c1-3-9-20-15-13(18)17(19-2)22-12-10-21-16(23-14(12)15)11-7-5-4-6-8-11/h3-8,12-18H,1,9-10H2,2H3. The van der Waals surface area contributed by atoms with Gasteiger partial charge in [0.1, 0.15) is 24.4 Å². The lowest BCUT2D eigenvalue weighted by atomic mass is 9.97. The first kappa shape index (κ1) is 16.6. The van der Waals surface area contributed by atoms with Gasteiger partial charge in [-0.05, 0) is 0 Å². The molecule has 0 radical (unpaired) electrons. The maximum Gasteiger partial charge on any atom is 0.186 e. The van der Waals surface area contributed by atoms with Crippen LogP contribution in [0.3, 0.4) is 0 Å². The van der Waals surface area contributed by atoms with Gasteiger partial charge in [0.05, 0.1) is 13.2 Å². The zero-order valence-electron chi connectivity index (χ0n) is 13.0. The molecule has 6 atom stereocenters. The van der Waals surface area contributed by atoms with E-state index in [4.69, 9.17) is 23.7 Å². The van der Waals surface area contributed by atoms with Crippen LogP contribution in [0.4, 0.5) is 0 Å². The summed E-state index contributed by atoms with van der Waals surface area (Å²) in [5.74, 6) is 0. The van der Waals surface area contributed by atoms with E-state index in [2.05, 4.69) is 6.58 Å². The largest absolute Gasteiger partial charge is 0.385 e. The van der Waals surface area contributed by atoms with Crippen molar-refractivity contribution in [2.24, 2.45) is 0 Å². The molecule has 0 bridgehead atoms. The molecule has 2 heterocycles. The number of ether oxygens (including phenoxy) is 5. The Morgan fingerprint density at radius 2 is 2.09 bits per heavy atom. The van der Waals surface area contributed by atoms with Gasteiger partial charge in [0.25, 0.3) is 0 Å². The van der Waals surface area contributed by atoms with Crippen molar-refractivity contribution in [1.82, 2.24) is 0 Å². The Labute approximate surface area is 135 Å². The van der Waals surface area contributed by atoms with Crippen LogP contribution < -0.4 is 0 Å². The van der Waals surface area contributed by atoms with Crippen LogP contribution in [0.15, 0.2) is 43.0 Å². The highest BCUT2D eigenvalue weighted by atomic mass is 16.8. The fraction of sp³-hybridized carbons (Fsp3) is 0.529. The van der Waals surface area contributed by atoms with Gasteiger partial charge in [-0.25, -0.2) is 0 Å². The number of fused-ring (bicyclic) bond motifs is 1. The summed E-state index contributed by atoms with van der Waals surface area (Å²) >= 11 is 0. The van der Waals surface area contributed by atoms with Crippen molar-refractivity contribution in [2.45, 2.75) is 37.0 Å². The Hall–Kier alpha value is -1.28. The number of benzene rings is 1. The number of rotatable bonds is 5. The average molecular weight is 322 g/mol. The third kappa shape index (κ3) is 3.47. The molecule has 2 aliphatic rings. The van der Waals surface area contributed by atoms with E-state index in [-0.39, 0.29) is 6.10 Å². The van der Waals surface area contributed by atoms with Crippen molar-refractivity contribution >= 4 is 0 Å². The number of aliphatic hydroxyl groups excluding tert-OH is 1. The maximum atomic E-state index is 10.4. The molecule has 3 rings (SSSR count). The smallest absolute Gasteiger partial charge is 0.186 e. The van der Waals surface area contributed by atoms with Gasteiger partial charge in [0.15, 0.2) is 12.6 Å². The summed E-state index contributed by atoms with van der Waals surface area (Å²) < 4.78 is 28.4. The average Bonchev–Trinajstić information content (AvgIpc) is 2.61. The quantitative estimate of drug-likeness (QED) is 0.827. The summed E-state index contributed by atoms with van der Waals surface area (Å²) in [7, 11) is 1.48. The minimum atomic E-state index is -0.948. The molecule has 1 N–H and O–H groups in total. The molecule has 6 heteroatoms. The number of hydrogen-bond donors (Lipinski definition) is 1. The number of methoxy groups -OCH3 is 1. The number of hydrogen-bond acceptors (Lipinski definition) is 6. The Morgan fingerprint density at radius 3 is 2.78 bits per heavy atom. The topological polar surface area (TPSA) is 66.4 Å². The number of aliphatic hydroxyl groups is 1. The fourth-order valence-corrected chi connectivity index (χ4v) is 2.91. The highest BCUT2D eigenvalue weighted by Crippen LogP contribution is 2.35. The molecule has 23 heavy (non-hydrogen) atoms. The summed E-state index contributed by atoms with van der Waals surface area (Å²) in [6, 6.07) is 9.65. The predicted molar refractivity (Wildman–Crippen MR) is 81.6 cm³/mol. The van der Waals surface area contributed by atoms with E-state index in [1.165, 1.54) is 7.11 Å². The molecule has 0 aromatic heterocycles. The van der Waals surface area contributed by atoms with Crippen molar-refractivity contribution in [3.8, 4) is 0 Å². The van der Waals surface area contributed by atoms with Crippen molar-refractivity contribution in [3.05, 3.63) is 48.6 Å². The molecule has 1 aromatic carbocycles. The Balaban J connectivity index is 1.77. The minimum absolute atomic E-state index is 0.307. The summed E-state index contributed by atoms with van der Waals surface area (Å²) in [4.78, 5) is 0. The molecular weight excluding hydrogens is 300 g/mol. The van der Waals surface area contributed by atoms with Crippen LogP contribution in [0.25, 0.3) is 0 Å². The molecule has 2 saturated heterocycles. The van der Waals surface area contributed by atoms with E-state index >= 15 is 0 Å². The predicted octanol–water partition coefficient (Wildman–Crippen LogP) is 1.40. The zero-order valence-corrected chi connectivity index (χ0v) is 13.0. The molecule has 0 saturated carbocycles. The molecule has 6 unspecified atom stereocenters. The maximum absolute atomic E-state index is 10.4. The van der Waals surface area contributed by atoms with E-state index in [1.807, 2.05) is 30.3 Å². The van der Waals surface area contributed by atoms with Gasteiger partial charge < -0.3 is 28.8 Å². The SMILES string of the molecule is C=CCOC1C(O)C(OC)OC2COC(c3ccccc3)OC21. The summed E-state index contributed by atoms with van der Waals surface area (Å²) in [6.07, 6.45) is -1.99. The van der Waals surface area contributed by atoms with Gasteiger partial charge >= 0.3 is 0 Å². The fourth-order valence-electron chi connectivity index (χ4n) is 2.91. The van der Waals surface area contributed by atoms with Gasteiger partial charge in [-0.15, -0.1) is 6.58 Å². The molecular formula is C17H22O6. The van der Waals surface area contributed by atoms with E-state index in [0.717, 1.165) is 5.56 Å². The summed E-state index contributed by atoms with van der Waals surface area (Å²) in [5, 5.41) is 10.4. The van der Waals surface area contributed by atoms with Gasteiger partial charge in [0.2, 0.25) is 0 Å². The van der Waals surface area contributed by atoms with E-state index in [9.17, 15) is 5.11 Å². The van der Waals surface area contributed by atoms with E-state index in [0.29, 0.717) is 13.2 Å². The third-order valence-electron chi connectivity index (χ3n) is 4.02. The summed E-state index contributed by atoms with van der Waals surface area (Å²) in [5.41, 5.74) is 0.914. The van der Waals surface area contributed by atoms with Crippen molar-refractivity contribution in [1.29, 1.82) is 0 Å². The van der Waals surface area contributed by atoms with Crippen molar-refractivity contribution < 1.29 is 28.8 Å². The monoisotopic (exact) mass is 322 g/mol. The molecule has 2 aliphatic heterocycles. The normalized spacial score (nSPS) is 37.1. The van der Waals surface area contributed by atoms with Crippen LogP contribution in [0.5, 0.6) is 0 Å². The lowest BCUT2D eigenvalue weighted by Crippen LogP contribution is -2.62. The van der Waals surface area contributed by atoms with Crippen LogP contribution in [0.1, 0.15) is 11.9 Å². The van der Waals surface area contributed by atoms with E-state index < -0.39 is 30.9 Å². The van der Waals surface area contributed by atoms with E-state index in [1.54, 1.807) is 6.08 Å². The Morgan fingerprint density at radius 1 is 1.30 bits per heavy atom. The second-order valence-electron chi connectivity index (χ2n) is 5.53. The molecule has 2 fully saturated rings. The first-order chi connectivity index (χ1) is 11.2. The van der Waals surface area contributed by atoms with Gasteiger partial charge in [-0.1, -0.05) is 36.4 Å². The molecule has 0 aliphatic carbocycles. The van der Waals surface area contributed by atoms with Crippen molar-refractivity contribution in [2.75, 3.05) is 20.3 Å². The Bertz CT molecular complexity index is 507. The van der Waals surface area contributed by atoms with Crippen LogP contribution in [0.2, 0.25) is 0 Å². The van der Waals surface area contributed by atoms with Gasteiger partial charge in [-0.2, -0.15) is 0 Å².